The first-order valence-corrected chi connectivity index (χ1v) is 3.60. The van der Waals surface area contributed by atoms with Gasteiger partial charge in [0.05, 0.1) is 5.69 Å². The smallest absolute Gasteiger partial charge is 0.190 e. The maximum absolute atomic E-state index is 4.95. The Kier molecular flexibility index (Phi) is 2.45. The Bertz CT molecular complexity index is 195. The highest BCUT2D eigenvalue weighted by atomic mass is 16.5. The molecule has 1 aromatic heterocycles. The van der Waals surface area contributed by atoms with Gasteiger partial charge in [-0.3, -0.25) is 0 Å². The van der Waals surface area contributed by atoms with Crippen LogP contribution in [-0.4, -0.2) is 5.16 Å². The van der Waals surface area contributed by atoms with Crippen LogP contribution in [0.2, 0.25) is 0 Å². The zero-order chi connectivity index (χ0) is 7.40. The molecule has 0 bridgehead atoms. The molecule has 0 saturated heterocycles. The molecule has 1 rings (SSSR count). The van der Waals surface area contributed by atoms with E-state index in [2.05, 4.69) is 17.8 Å². The summed E-state index contributed by atoms with van der Waals surface area (Å²) in [7, 11) is 0. The highest BCUT2D eigenvalue weighted by Crippen LogP contribution is 2.03. The summed E-state index contributed by atoms with van der Waals surface area (Å²) in [6, 6.07) is 1.97. The molecule has 0 aliphatic heterocycles. The number of hydrogen-bond donors (Lipinski definition) is 1. The average Bonchev–Trinajstić information content (AvgIpc) is 2.37. The number of rotatable bonds is 3. The highest BCUT2D eigenvalue weighted by Gasteiger charge is 2.00. The van der Waals surface area contributed by atoms with Crippen molar-refractivity contribution in [3.05, 3.63) is 17.5 Å². The second-order valence-corrected chi connectivity index (χ2v) is 2.28. The summed E-state index contributed by atoms with van der Waals surface area (Å²) in [5, 5.41) is 3.86. The third-order valence-electron chi connectivity index (χ3n) is 1.36. The van der Waals surface area contributed by atoms with Crippen LogP contribution in [0.5, 0.6) is 0 Å². The van der Waals surface area contributed by atoms with E-state index in [0.717, 1.165) is 24.3 Å². The molecule has 0 spiro atoms. The minimum atomic E-state index is 0.691. The lowest BCUT2D eigenvalue weighted by molar-refractivity contribution is -0.390. The van der Waals surface area contributed by atoms with Gasteiger partial charge in [-0.15, -0.1) is 0 Å². The van der Waals surface area contributed by atoms with Crippen LogP contribution >= 0.6 is 0 Å². The molecule has 56 valence electrons. The van der Waals surface area contributed by atoms with Crippen molar-refractivity contribution >= 4 is 0 Å². The second kappa shape index (κ2) is 3.37. The summed E-state index contributed by atoms with van der Waals surface area (Å²) in [5.41, 5.74) is 4.74. The predicted molar refractivity (Wildman–Crippen MR) is 37.1 cm³/mol. The lowest BCUT2D eigenvalue weighted by Crippen LogP contribution is -2.47. The Morgan fingerprint density at radius 2 is 2.50 bits per heavy atom. The van der Waals surface area contributed by atoms with Crippen LogP contribution in [0.4, 0.5) is 0 Å². The first kappa shape index (κ1) is 7.28. The third-order valence-corrected chi connectivity index (χ3v) is 1.36. The highest BCUT2D eigenvalue weighted by molar-refractivity contribution is 5.03. The Labute approximate surface area is 60.2 Å². The monoisotopic (exact) mass is 141 g/mol. The van der Waals surface area contributed by atoms with Gasteiger partial charge in [0.1, 0.15) is 6.54 Å². The summed E-state index contributed by atoms with van der Waals surface area (Å²) < 4.78 is 4.95. The van der Waals surface area contributed by atoms with E-state index in [1.165, 1.54) is 0 Å². The standard InChI is InChI=1S/C7H12N2O/c1-2-3-6-4-7(5-8)10-9-6/h4H,2-3,5,8H2,1H3/p+1. The van der Waals surface area contributed by atoms with Gasteiger partial charge in [0.2, 0.25) is 0 Å². The van der Waals surface area contributed by atoms with Crippen molar-refractivity contribution in [1.29, 1.82) is 0 Å². The van der Waals surface area contributed by atoms with Crippen LogP contribution in [0.15, 0.2) is 10.6 Å². The fourth-order valence-corrected chi connectivity index (χ4v) is 0.848. The molecular formula is C7H13N2O+. The maximum atomic E-state index is 4.95. The van der Waals surface area contributed by atoms with E-state index >= 15 is 0 Å². The Balaban J connectivity index is 2.59. The van der Waals surface area contributed by atoms with Crippen molar-refractivity contribution in [3.8, 4) is 0 Å². The normalized spacial score (nSPS) is 10.2. The Morgan fingerprint density at radius 1 is 1.70 bits per heavy atom. The number of hydrogen-bond acceptors (Lipinski definition) is 2. The molecule has 0 unspecified atom stereocenters. The Morgan fingerprint density at radius 3 is 3.00 bits per heavy atom. The number of quaternary nitrogens is 1. The van der Waals surface area contributed by atoms with Gasteiger partial charge in [-0.25, -0.2) is 0 Å². The van der Waals surface area contributed by atoms with Crippen molar-refractivity contribution in [2.24, 2.45) is 0 Å². The van der Waals surface area contributed by atoms with Crippen LogP contribution in [0.1, 0.15) is 24.8 Å². The Hall–Kier alpha value is -0.830. The fourth-order valence-electron chi connectivity index (χ4n) is 0.848. The molecule has 0 atom stereocenters. The molecule has 3 heteroatoms. The molecule has 10 heavy (non-hydrogen) atoms. The van der Waals surface area contributed by atoms with E-state index in [9.17, 15) is 0 Å². The van der Waals surface area contributed by atoms with Crippen molar-refractivity contribution in [1.82, 2.24) is 5.16 Å². The number of aryl methyl sites for hydroxylation is 1. The van der Waals surface area contributed by atoms with Gasteiger partial charge in [0.25, 0.3) is 0 Å². The van der Waals surface area contributed by atoms with Crippen LogP contribution in [0.3, 0.4) is 0 Å². The molecule has 3 N–H and O–H groups in total. The summed E-state index contributed by atoms with van der Waals surface area (Å²) >= 11 is 0. The van der Waals surface area contributed by atoms with Crippen molar-refractivity contribution in [2.75, 3.05) is 0 Å². The van der Waals surface area contributed by atoms with Gasteiger partial charge in [0, 0.05) is 6.07 Å². The molecule has 0 radical (unpaired) electrons. The van der Waals surface area contributed by atoms with Crippen molar-refractivity contribution in [2.45, 2.75) is 26.3 Å². The minimum absolute atomic E-state index is 0.691. The average molecular weight is 141 g/mol. The second-order valence-electron chi connectivity index (χ2n) is 2.28. The van der Waals surface area contributed by atoms with Crippen LogP contribution < -0.4 is 5.73 Å². The van der Waals surface area contributed by atoms with E-state index in [0.29, 0.717) is 6.54 Å². The number of nitrogens with zero attached hydrogens (tertiary/aromatic N) is 1. The largest absolute Gasteiger partial charge is 0.355 e. The van der Waals surface area contributed by atoms with Gasteiger partial charge in [-0.05, 0) is 6.42 Å². The lowest BCUT2D eigenvalue weighted by atomic mass is 10.2. The lowest BCUT2D eigenvalue weighted by Gasteiger charge is -1.83. The van der Waals surface area contributed by atoms with Gasteiger partial charge in [-0.2, -0.15) is 0 Å². The van der Waals surface area contributed by atoms with E-state index < -0.39 is 0 Å². The summed E-state index contributed by atoms with van der Waals surface area (Å²) in [5.74, 6) is 0.878. The molecule has 1 aromatic rings. The first-order valence-electron chi connectivity index (χ1n) is 3.60. The maximum Gasteiger partial charge on any atom is 0.190 e. The molecule has 0 amide bonds. The molecule has 0 aromatic carbocycles. The number of aromatic nitrogens is 1. The van der Waals surface area contributed by atoms with E-state index in [-0.39, 0.29) is 0 Å². The summed E-state index contributed by atoms with van der Waals surface area (Å²) in [4.78, 5) is 0. The molecule has 1 heterocycles. The van der Waals surface area contributed by atoms with Crippen LogP contribution in [-0.2, 0) is 13.0 Å². The topological polar surface area (TPSA) is 53.7 Å². The van der Waals surface area contributed by atoms with Gasteiger partial charge >= 0.3 is 0 Å². The molecule has 0 fully saturated rings. The van der Waals surface area contributed by atoms with Gasteiger partial charge < -0.3 is 10.3 Å². The third kappa shape index (κ3) is 1.57. The fraction of sp³-hybridized carbons (Fsp3) is 0.571. The zero-order valence-electron chi connectivity index (χ0n) is 6.26. The SMILES string of the molecule is CCCc1cc(C[NH3+])on1. The van der Waals surface area contributed by atoms with Crippen LogP contribution in [0.25, 0.3) is 0 Å². The van der Waals surface area contributed by atoms with Crippen molar-refractivity contribution < 1.29 is 10.3 Å². The predicted octanol–water partition coefficient (Wildman–Crippen LogP) is 0.369. The van der Waals surface area contributed by atoms with Gasteiger partial charge in [-0.1, -0.05) is 18.5 Å². The molecule has 0 saturated carbocycles. The molecule has 3 nitrogen and oxygen atoms in total. The summed E-state index contributed by atoms with van der Waals surface area (Å²) in [6.07, 6.45) is 2.12. The van der Waals surface area contributed by atoms with E-state index in [4.69, 9.17) is 4.52 Å². The first-order chi connectivity index (χ1) is 4.86. The minimum Gasteiger partial charge on any atom is -0.355 e. The zero-order valence-corrected chi connectivity index (χ0v) is 6.26. The molecule has 0 aliphatic rings. The van der Waals surface area contributed by atoms with Crippen LogP contribution in [0, 0.1) is 0 Å². The molecule has 0 aliphatic carbocycles. The summed E-state index contributed by atoms with van der Waals surface area (Å²) in [6.45, 7) is 2.81. The quantitative estimate of drug-likeness (QED) is 0.661. The van der Waals surface area contributed by atoms with E-state index in [1.807, 2.05) is 6.07 Å². The van der Waals surface area contributed by atoms with Crippen molar-refractivity contribution in [3.63, 3.8) is 0 Å². The van der Waals surface area contributed by atoms with Gasteiger partial charge in [0.15, 0.2) is 5.76 Å². The van der Waals surface area contributed by atoms with E-state index in [1.54, 1.807) is 0 Å². The molecular weight excluding hydrogens is 128 g/mol.